The molecule has 0 aromatic carbocycles. The minimum Gasteiger partial charge on any atom is -0.487 e. The van der Waals surface area contributed by atoms with Crippen LogP contribution in [0.5, 0.6) is 0 Å². The topological polar surface area (TPSA) is 36.9 Å². The maximum atomic E-state index is 5.32. The highest BCUT2D eigenvalue weighted by atomic mass is 28.4. The van der Waals surface area contributed by atoms with Gasteiger partial charge in [-0.1, -0.05) is 19.4 Å². The van der Waals surface area contributed by atoms with Crippen molar-refractivity contribution < 1.29 is 17.7 Å². The quantitative estimate of drug-likeness (QED) is 0.356. The third-order valence-electron chi connectivity index (χ3n) is 1.78. The van der Waals surface area contributed by atoms with E-state index >= 15 is 0 Å². The Bertz CT molecular complexity index is 149. The second-order valence-electron chi connectivity index (χ2n) is 2.74. The van der Waals surface area contributed by atoms with E-state index in [1.165, 1.54) is 27.8 Å². The van der Waals surface area contributed by atoms with Crippen LogP contribution in [0.25, 0.3) is 0 Å². The minimum atomic E-state index is -2.86. The standard InChI is InChI=1S/C9H20O4Si/c1-5-6-7-8-9-13-14(10-2,11-3)12-4/h8-9H,5-7H2,1-4H3. The molecule has 0 aliphatic heterocycles. The molecule has 5 heteroatoms. The molecule has 84 valence electrons. The third kappa shape index (κ3) is 4.76. The van der Waals surface area contributed by atoms with Gasteiger partial charge in [-0.2, -0.15) is 0 Å². The summed E-state index contributed by atoms with van der Waals surface area (Å²) in [5, 5.41) is 0. The monoisotopic (exact) mass is 220 g/mol. The van der Waals surface area contributed by atoms with Crippen LogP contribution in [0.3, 0.4) is 0 Å². The van der Waals surface area contributed by atoms with Gasteiger partial charge in [0.05, 0.1) is 6.26 Å². The predicted octanol–water partition coefficient (Wildman–Crippen LogP) is 2.08. The minimum absolute atomic E-state index is 0.998. The molecule has 0 radical (unpaired) electrons. The summed E-state index contributed by atoms with van der Waals surface area (Å²) in [5.41, 5.74) is 0. The van der Waals surface area contributed by atoms with Gasteiger partial charge < -0.3 is 17.7 Å². The maximum absolute atomic E-state index is 5.32. The van der Waals surface area contributed by atoms with Crippen molar-refractivity contribution in [2.24, 2.45) is 0 Å². The lowest BCUT2D eigenvalue weighted by Gasteiger charge is -2.20. The Morgan fingerprint density at radius 3 is 2.07 bits per heavy atom. The Balaban J connectivity index is 3.86. The lowest BCUT2D eigenvalue weighted by molar-refractivity contribution is 0.0348. The van der Waals surface area contributed by atoms with Gasteiger partial charge in [0.1, 0.15) is 0 Å². The number of hydrogen-bond donors (Lipinski definition) is 0. The fourth-order valence-electron chi connectivity index (χ4n) is 0.916. The second kappa shape index (κ2) is 7.99. The van der Waals surface area contributed by atoms with Crippen molar-refractivity contribution in [2.75, 3.05) is 21.3 Å². The van der Waals surface area contributed by atoms with Gasteiger partial charge >= 0.3 is 9.05 Å². The molecule has 0 amide bonds. The maximum Gasteiger partial charge on any atom is 0.748 e. The molecule has 0 aromatic heterocycles. The van der Waals surface area contributed by atoms with E-state index in [4.69, 9.17) is 17.7 Å². The van der Waals surface area contributed by atoms with E-state index in [0.29, 0.717) is 0 Å². The van der Waals surface area contributed by atoms with Crippen molar-refractivity contribution in [1.29, 1.82) is 0 Å². The first kappa shape index (κ1) is 13.6. The van der Waals surface area contributed by atoms with Gasteiger partial charge in [0.15, 0.2) is 0 Å². The number of hydrogen-bond acceptors (Lipinski definition) is 4. The number of allylic oxidation sites excluding steroid dienone is 1. The summed E-state index contributed by atoms with van der Waals surface area (Å²) >= 11 is 0. The Hall–Kier alpha value is -0.363. The lowest BCUT2D eigenvalue weighted by atomic mass is 10.2. The van der Waals surface area contributed by atoms with Crippen LogP contribution >= 0.6 is 0 Å². The summed E-state index contributed by atoms with van der Waals surface area (Å²) in [6.07, 6.45) is 6.87. The highest BCUT2D eigenvalue weighted by Crippen LogP contribution is 2.08. The molecule has 0 bridgehead atoms. The largest absolute Gasteiger partial charge is 0.748 e. The Kier molecular flexibility index (Phi) is 7.78. The molecule has 4 nitrogen and oxygen atoms in total. The highest BCUT2D eigenvalue weighted by molar-refractivity contribution is 6.53. The van der Waals surface area contributed by atoms with Crippen LogP contribution in [-0.2, 0) is 17.7 Å². The fraction of sp³-hybridized carbons (Fsp3) is 0.778. The van der Waals surface area contributed by atoms with Crippen LogP contribution in [0, 0.1) is 0 Å². The third-order valence-corrected chi connectivity index (χ3v) is 3.71. The van der Waals surface area contributed by atoms with E-state index in [-0.39, 0.29) is 0 Å². The summed E-state index contributed by atoms with van der Waals surface area (Å²) in [6, 6.07) is 0. The predicted molar refractivity (Wildman–Crippen MR) is 56.5 cm³/mol. The smallest absolute Gasteiger partial charge is 0.487 e. The van der Waals surface area contributed by atoms with Crippen molar-refractivity contribution in [2.45, 2.75) is 26.2 Å². The van der Waals surface area contributed by atoms with E-state index in [1.807, 2.05) is 6.08 Å². The molecular formula is C9H20O4Si. The second-order valence-corrected chi connectivity index (χ2v) is 5.20. The summed E-state index contributed by atoms with van der Waals surface area (Å²) in [5.74, 6) is 0. The van der Waals surface area contributed by atoms with Crippen molar-refractivity contribution in [3.8, 4) is 0 Å². The summed E-state index contributed by atoms with van der Waals surface area (Å²) < 4.78 is 20.5. The molecule has 0 N–H and O–H groups in total. The molecule has 0 heterocycles. The van der Waals surface area contributed by atoms with Crippen molar-refractivity contribution >= 4 is 9.05 Å². The van der Waals surface area contributed by atoms with Gasteiger partial charge in [0.2, 0.25) is 0 Å². The van der Waals surface area contributed by atoms with Crippen LogP contribution in [0.15, 0.2) is 12.3 Å². The lowest BCUT2D eigenvalue weighted by Crippen LogP contribution is -2.44. The average molecular weight is 220 g/mol. The highest BCUT2D eigenvalue weighted by Gasteiger charge is 2.43. The van der Waals surface area contributed by atoms with Gasteiger partial charge in [-0.25, -0.2) is 0 Å². The van der Waals surface area contributed by atoms with Crippen molar-refractivity contribution in [1.82, 2.24) is 0 Å². The van der Waals surface area contributed by atoms with E-state index in [2.05, 4.69) is 6.92 Å². The molecule has 0 aliphatic carbocycles. The first-order valence-electron chi connectivity index (χ1n) is 4.73. The van der Waals surface area contributed by atoms with E-state index < -0.39 is 9.05 Å². The first-order valence-corrected chi connectivity index (χ1v) is 6.36. The van der Waals surface area contributed by atoms with Gasteiger partial charge in [-0.15, -0.1) is 0 Å². The normalized spacial score (nSPS) is 12.3. The molecule has 0 rings (SSSR count). The first-order chi connectivity index (χ1) is 6.74. The van der Waals surface area contributed by atoms with Gasteiger partial charge in [-0.3, -0.25) is 0 Å². The van der Waals surface area contributed by atoms with Gasteiger partial charge in [-0.05, 0) is 12.8 Å². The molecule has 0 unspecified atom stereocenters. The van der Waals surface area contributed by atoms with E-state index in [9.17, 15) is 0 Å². The molecule has 0 saturated carbocycles. The SMILES string of the molecule is CCCCC=CO[Si](OC)(OC)OC. The van der Waals surface area contributed by atoms with Gasteiger partial charge in [0.25, 0.3) is 0 Å². The number of unbranched alkanes of at least 4 members (excludes halogenated alkanes) is 2. The molecule has 0 aliphatic rings. The molecule has 0 aromatic rings. The molecule has 0 atom stereocenters. The van der Waals surface area contributed by atoms with Crippen molar-refractivity contribution in [3.05, 3.63) is 12.3 Å². The van der Waals surface area contributed by atoms with E-state index in [0.717, 1.165) is 12.8 Å². The zero-order valence-electron chi connectivity index (χ0n) is 9.41. The van der Waals surface area contributed by atoms with Gasteiger partial charge in [0, 0.05) is 21.3 Å². The van der Waals surface area contributed by atoms with Crippen LogP contribution in [-0.4, -0.2) is 30.4 Å². The van der Waals surface area contributed by atoms with Crippen LogP contribution < -0.4 is 0 Å². The molecule has 0 spiro atoms. The number of rotatable bonds is 8. The fourth-order valence-corrected chi connectivity index (χ4v) is 1.97. The Labute approximate surface area is 87.3 Å². The van der Waals surface area contributed by atoms with Crippen LogP contribution in [0.2, 0.25) is 0 Å². The summed E-state index contributed by atoms with van der Waals surface area (Å²) in [4.78, 5) is 0. The zero-order chi connectivity index (χ0) is 10.9. The molecule has 14 heavy (non-hydrogen) atoms. The van der Waals surface area contributed by atoms with Crippen LogP contribution in [0.1, 0.15) is 26.2 Å². The molecular weight excluding hydrogens is 200 g/mol. The average Bonchev–Trinajstić information content (AvgIpc) is 2.24. The summed E-state index contributed by atoms with van der Waals surface area (Å²) in [7, 11) is 1.67. The van der Waals surface area contributed by atoms with E-state index in [1.54, 1.807) is 6.26 Å². The molecule has 0 fully saturated rings. The summed E-state index contributed by atoms with van der Waals surface area (Å²) in [6.45, 7) is 2.15. The Morgan fingerprint density at radius 1 is 1.07 bits per heavy atom. The molecule has 0 saturated heterocycles. The Morgan fingerprint density at radius 2 is 1.64 bits per heavy atom. The van der Waals surface area contributed by atoms with Crippen molar-refractivity contribution in [3.63, 3.8) is 0 Å². The van der Waals surface area contributed by atoms with Crippen LogP contribution in [0.4, 0.5) is 0 Å². The zero-order valence-corrected chi connectivity index (χ0v) is 10.4.